The number of benzene rings is 1. The summed E-state index contributed by atoms with van der Waals surface area (Å²) in [6.07, 6.45) is 1.59. The lowest BCUT2D eigenvalue weighted by molar-refractivity contribution is 0.102. The molecule has 2 aromatic rings. The first-order valence-electron chi connectivity index (χ1n) is 6.03. The number of nitrogens with one attached hydrogen (secondary N) is 2. The maximum Gasteiger partial charge on any atom is 0.259 e. The number of amides is 1. The Morgan fingerprint density at radius 3 is 2.81 bits per heavy atom. The van der Waals surface area contributed by atoms with Gasteiger partial charge in [0.1, 0.15) is 5.82 Å². The number of aromatic nitrogens is 1. The van der Waals surface area contributed by atoms with Gasteiger partial charge in [-0.05, 0) is 34.1 Å². The SMILES string of the molecule is CNc1ncc(Br)cc1C(=O)Nc1ccc(F)c(OC)c1. The Morgan fingerprint density at radius 1 is 1.38 bits per heavy atom. The zero-order valence-corrected chi connectivity index (χ0v) is 13.0. The van der Waals surface area contributed by atoms with Crippen LogP contribution in [0.25, 0.3) is 0 Å². The van der Waals surface area contributed by atoms with Crippen molar-refractivity contribution in [3.63, 3.8) is 0 Å². The predicted octanol–water partition coefficient (Wildman–Crippen LogP) is 3.29. The minimum Gasteiger partial charge on any atom is -0.494 e. The molecule has 2 rings (SSSR count). The molecule has 5 nitrogen and oxygen atoms in total. The van der Waals surface area contributed by atoms with Gasteiger partial charge < -0.3 is 15.4 Å². The van der Waals surface area contributed by atoms with Gasteiger partial charge in [0.25, 0.3) is 5.91 Å². The van der Waals surface area contributed by atoms with E-state index in [9.17, 15) is 9.18 Å². The highest BCUT2D eigenvalue weighted by Crippen LogP contribution is 2.23. The lowest BCUT2D eigenvalue weighted by Crippen LogP contribution is -2.15. The van der Waals surface area contributed by atoms with E-state index in [0.717, 1.165) is 0 Å². The molecule has 0 radical (unpaired) electrons. The molecule has 2 N–H and O–H groups in total. The minimum absolute atomic E-state index is 0.0639. The maximum absolute atomic E-state index is 13.3. The zero-order valence-electron chi connectivity index (χ0n) is 11.4. The molecule has 0 atom stereocenters. The summed E-state index contributed by atoms with van der Waals surface area (Å²) < 4.78 is 18.9. The number of hydrogen-bond acceptors (Lipinski definition) is 4. The van der Waals surface area contributed by atoms with Crippen molar-refractivity contribution in [2.24, 2.45) is 0 Å². The molecule has 0 saturated heterocycles. The van der Waals surface area contributed by atoms with E-state index >= 15 is 0 Å². The van der Waals surface area contributed by atoms with Crippen LogP contribution in [0.3, 0.4) is 0 Å². The van der Waals surface area contributed by atoms with Crippen molar-refractivity contribution in [2.75, 3.05) is 24.8 Å². The van der Waals surface area contributed by atoms with Crippen molar-refractivity contribution >= 4 is 33.3 Å². The quantitative estimate of drug-likeness (QED) is 0.885. The van der Waals surface area contributed by atoms with Crippen molar-refractivity contribution < 1.29 is 13.9 Å². The van der Waals surface area contributed by atoms with Crippen LogP contribution in [0.15, 0.2) is 34.9 Å². The molecule has 21 heavy (non-hydrogen) atoms. The third-order valence-corrected chi connectivity index (χ3v) is 3.18. The molecule has 1 amide bonds. The highest BCUT2D eigenvalue weighted by molar-refractivity contribution is 9.10. The summed E-state index contributed by atoms with van der Waals surface area (Å²) in [7, 11) is 3.04. The van der Waals surface area contributed by atoms with E-state index in [1.807, 2.05) is 0 Å². The molecule has 0 aliphatic carbocycles. The number of rotatable bonds is 4. The van der Waals surface area contributed by atoms with E-state index in [0.29, 0.717) is 21.5 Å². The second kappa shape index (κ2) is 6.53. The fourth-order valence-corrected chi connectivity index (χ4v) is 2.08. The van der Waals surface area contributed by atoms with E-state index in [4.69, 9.17) is 4.74 Å². The zero-order chi connectivity index (χ0) is 15.4. The molecule has 0 bridgehead atoms. The summed E-state index contributed by atoms with van der Waals surface area (Å²) in [5, 5.41) is 5.52. The van der Waals surface area contributed by atoms with Crippen molar-refractivity contribution in [2.45, 2.75) is 0 Å². The van der Waals surface area contributed by atoms with Gasteiger partial charge in [0.15, 0.2) is 11.6 Å². The van der Waals surface area contributed by atoms with Gasteiger partial charge in [0.05, 0.1) is 12.7 Å². The number of carbonyl (C=O) groups excluding carboxylic acids is 1. The Kier molecular flexibility index (Phi) is 4.74. The second-order valence-electron chi connectivity index (χ2n) is 4.10. The second-order valence-corrected chi connectivity index (χ2v) is 5.02. The first-order chi connectivity index (χ1) is 10.0. The summed E-state index contributed by atoms with van der Waals surface area (Å²) in [6, 6.07) is 5.75. The summed E-state index contributed by atoms with van der Waals surface area (Å²) in [5.74, 6) is -0.337. The van der Waals surface area contributed by atoms with Crippen molar-refractivity contribution in [3.05, 3.63) is 46.3 Å². The first-order valence-corrected chi connectivity index (χ1v) is 6.82. The lowest BCUT2D eigenvalue weighted by Gasteiger charge is -2.10. The van der Waals surface area contributed by atoms with Gasteiger partial charge in [-0.1, -0.05) is 0 Å². The molecule has 0 fully saturated rings. The Labute approximate surface area is 129 Å². The summed E-state index contributed by atoms with van der Waals surface area (Å²) in [4.78, 5) is 16.4. The molecule has 1 aromatic heterocycles. The van der Waals surface area contributed by atoms with Crippen molar-refractivity contribution in [1.29, 1.82) is 0 Å². The molecular weight excluding hydrogens is 341 g/mol. The van der Waals surface area contributed by atoms with Gasteiger partial charge in [-0.15, -0.1) is 0 Å². The highest BCUT2D eigenvalue weighted by atomic mass is 79.9. The molecule has 110 valence electrons. The molecule has 1 heterocycles. The number of hydrogen-bond donors (Lipinski definition) is 2. The maximum atomic E-state index is 13.3. The van der Waals surface area contributed by atoms with Crippen LogP contribution in [0.2, 0.25) is 0 Å². The number of pyridine rings is 1. The van der Waals surface area contributed by atoms with Gasteiger partial charge in [-0.25, -0.2) is 9.37 Å². The molecule has 7 heteroatoms. The van der Waals surface area contributed by atoms with Gasteiger partial charge in [0.2, 0.25) is 0 Å². The van der Waals surface area contributed by atoms with Crippen LogP contribution < -0.4 is 15.4 Å². The molecule has 0 saturated carbocycles. The predicted molar refractivity (Wildman–Crippen MR) is 82.4 cm³/mol. The van der Waals surface area contributed by atoms with Crippen LogP contribution in [0.5, 0.6) is 5.75 Å². The number of methoxy groups -OCH3 is 1. The Bertz CT molecular complexity index is 679. The Balaban J connectivity index is 2.28. The fraction of sp³-hybridized carbons (Fsp3) is 0.143. The molecule has 1 aromatic carbocycles. The number of carbonyl (C=O) groups is 1. The topological polar surface area (TPSA) is 63.2 Å². The number of anilines is 2. The van der Waals surface area contributed by atoms with E-state index in [2.05, 4.69) is 31.5 Å². The monoisotopic (exact) mass is 353 g/mol. The number of nitrogens with zero attached hydrogens (tertiary/aromatic N) is 1. The van der Waals surface area contributed by atoms with E-state index < -0.39 is 5.82 Å². The number of ether oxygens (including phenoxy) is 1. The molecule has 0 spiro atoms. The van der Waals surface area contributed by atoms with Crippen LogP contribution in [-0.2, 0) is 0 Å². The largest absolute Gasteiger partial charge is 0.494 e. The summed E-state index contributed by atoms with van der Waals surface area (Å²) >= 11 is 3.27. The van der Waals surface area contributed by atoms with E-state index in [1.165, 1.54) is 25.3 Å². The van der Waals surface area contributed by atoms with Crippen molar-refractivity contribution in [3.8, 4) is 5.75 Å². The molecular formula is C14H13BrFN3O2. The van der Waals surface area contributed by atoms with Gasteiger partial charge in [-0.3, -0.25) is 4.79 Å². The van der Waals surface area contributed by atoms with E-state index in [1.54, 1.807) is 19.3 Å². The third-order valence-electron chi connectivity index (χ3n) is 2.74. The van der Waals surface area contributed by atoms with Crippen LogP contribution in [0, 0.1) is 5.82 Å². The minimum atomic E-state index is -0.490. The van der Waals surface area contributed by atoms with Crippen LogP contribution in [0.4, 0.5) is 15.9 Å². The Hall–Kier alpha value is -2.15. The third kappa shape index (κ3) is 3.49. The smallest absolute Gasteiger partial charge is 0.259 e. The number of halogens is 2. The highest BCUT2D eigenvalue weighted by Gasteiger charge is 2.14. The first kappa shape index (κ1) is 15.2. The Morgan fingerprint density at radius 2 is 2.14 bits per heavy atom. The fourth-order valence-electron chi connectivity index (χ4n) is 1.75. The normalized spacial score (nSPS) is 10.1. The standard InChI is InChI=1S/C14H13BrFN3O2/c1-17-13-10(5-8(15)7-18-13)14(20)19-9-3-4-11(16)12(6-9)21-2/h3-7H,1-2H3,(H,17,18)(H,19,20). The van der Waals surface area contributed by atoms with Crippen LogP contribution >= 0.6 is 15.9 Å². The summed E-state index contributed by atoms with van der Waals surface area (Å²) in [6.45, 7) is 0. The molecule has 0 aliphatic rings. The van der Waals surface area contributed by atoms with Crippen LogP contribution in [0.1, 0.15) is 10.4 Å². The molecule has 0 unspecified atom stereocenters. The molecule has 0 aliphatic heterocycles. The van der Waals surface area contributed by atoms with Gasteiger partial charge in [0, 0.05) is 29.5 Å². The van der Waals surface area contributed by atoms with E-state index in [-0.39, 0.29) is 11.7 Å². The summed E-state index contributed by atoms with van der Waals surface area (Å²) in [5.41, 5.74) is 0.801. The van der Waals surface area contributed by atoms with Gasteiger partial charge >= 0.3 is 0 Å². The van der Waals surface area contributed by atoms with Gasteiger partial charge in [-0.2, -0.15) is 0 Å². The average Bonchev–Trinajstić information content (AvgIpc) is 2.49. The average molecular weight is 354 g/mol. The van der Waals surface area contributed by atoms with Crippen molar-refractivity contribution in [1.82, 2.24) is 4.98 Å². The lowest BCUT2D eigenvalue weighted by atomic mass is 10.2. The van der Waals surface area contributed by atoms with Crippen LogP contribution in [-0.4, -0.2) is 25.0 Å².